The van der Waals surface area contributed by atoms with Crippen LogP contribution in [0.25, 0.3) is 66.2 Å². The van der Waals surface area contributed by atoms with E-state index in [2.05, 4.69) is 89.9 Å². The molecule has 3 nitrogen and oxygen atoms in total. The average molecular weight is 460 g/mol. The van der Waals surface area contributed by atoms with Crippen LogP contribution < -0.4 is 0 Å². The fraction of sp³-hybridized carbons (Fsp3) is 0. The summed E-state index contributed by atoms with van der Waals surface area (Å²) in [5.41, 5.74) is 4.93. The Bertz CT molecular complexity index is 1840. The number of hydrogen-bond acceptors (Lipinski definition) is 3. The standard InChI is InChI=1S/C33H21N3/c1-2-10-22(11-3-1)23-17-18-28-26-14-5-4-12-24(26)25-13-6-7-15-27(25)31(28)32(23)33-35-21-19-30(36-33)29-16-8-9-20-34-29/h1-21H. The summed E-state index contributed by atoms with van der Waals surface area (Å²) in [6, 6.07) is 40.1. The summed E-state index contributed by atoms with van der Waals surface area (Å²) in [5.74, 6) is 0.697. The Kier molecular flexibility index (Phi) is 4.78. The molecule has 5 aromatic carbocycles. The molecule has 0 atom stereocenters. The van der Waals surface area contributed by atoms with Crippen LogP contribution >= 0.6 is 0 Å². The number of nitrogens with zero attached hydrogens (tertiary/aromatic N) is 3. The van der Waals surface area contributed by atoms with E-state index >= 15 is 0 Å². The smallest absolute Gasteiger partial charge is 0.161 e. The predicted molar refractivity (Wildman–Crippen MR) is 149 cm³/mol. The van der Waals surface area contributed by atoms with E-state index in [0.717, 1.165) is 28.1 Å². The lowest BCUT2D eigenvalue weighted by Gasteiger charge is -2.17. The molecule has 3 heteroatoms. The average Bonchev–Trinajstić information content (AvgIpc) is 2.97. The Hall–Kier alpha value is -4.89. The van der Waals surface area contributed by atoms with E-state index in [1.807, 2.05) is 36.5 Å². The zero-order valence-corrected chi connectivity index (χ0v) is 19.5. The summed E-state index contributed by atoms with van der Waals surface area (Å²) < 4.78 is 0. The van der Waals surface area contributed by atoms with Crippen molar-refractivity contribution in [1.29, 1.82) is 0 Å². The van der Waals surface area contributed by atoms with Gasteiger partial charge in [0.05, 0.1) is 11.4 Å². The molecular weight excluding hydrogens is 438 g/mol. The predicted octanol–water partition coefficient (Wildman–Crippen LogP) is 8.33. The van der Waals surface area contributed by atoms with Crippen LogP contribution in [-0.4, -0.2) is 15.0 Å². The Balaban J connectivity index is 1.66. The lowest BCUT2D eigenvalue weighted by molar-refractivity contribution is 1.16. The minimum Gasteiger partial charge on any atom is -0.255 e. The molecule has 36 heavy (non-hydrogen) atoms. The Morgan fingerprint density at radius 1 is 0.417 bits per heavy atom. The van der Waals surface area contributed by atoms with Crippen molar-refractivity contribution >= 4 is 32.3 Å². The fourth-order valence-electron chi connectivity index (χ4n) is 5.22. The molecule has 7 rings (SSSR count). The van der Waals surface area contributed by atoms with Crippen molar-refractivity contribution in [2.75, 3.05) is 0 Å². The molecule has 0 saturated carbocycles. The Morgan fingerprint density at radius 2 is 1.06 bits per heavy atom. The molecule has 0 aliphatic heterocycles. The minimum absolute atomic E-state index is 0.697. The maximum Gasteiger partial charge on any atom is 0.161 e. The van der Waals surface area contributed by atoms with Gasteiger partial charge in [0, 0.05) is 23.3 Å². The number of pyridine rings is 1. The van der Waals surface area contributed by atoms with Gasteiger partial charge in [-0.3, -0.25) is 4.98 Å². The molecule has 7 aromatic rings. The molecule has 0 unspecified atom stereocenters. The largest absolute Gasteiger partial charge is 0.255 e. The van der Waals surface area contributed by atoms with Crippen LogP contribution in [-0.2, 0) is 0 Å². The molecule has 168 valence electrons. The van der Waals surface area contributed by atoms with Gasteiger partial charge in [0.25, 0.3) is 0 Å². The van der Waals surface area contributed by atoms with Crippen LogP contribution in [0.15, 0.2) is 128 Å². The maximum absolute atomic E-state index is 5.06. The first-order valence-corrected chi connectivity index (χ1v) is 12.0. The summed E-state index contributed by atoms with van der Waals surface area (Å²) in [4.78, 5) is 14.4. The van der Waals surface area contributed by atoms with Gasteiger partial charge >= 0.3 is 0 Å². The monoisotopic (exact) mass is 459 g/mol. The first kappa shape index (κ1) is 20.5. The van der Waals surface area contributed by atoms with Gasteiger partial charge in [-0.2, -0.15) is 0 Å². The molecule has 0 amide bonds. The van der Waals surface area contributed by atoms with Crippen molar-refractivity contribution < 1.29 is 0 Å². The molecule has 0 aliphatic carbocycles. The van der Waals surface area contributed by atoms with Crippen molar-refractivity contribution in [3.63, 3.8) is 0 Å². The molecule has 0 radical (unpaired) electrons. The third kappa shape index (κ3) is 3.25. The normalized spacial score (nSPS) is 11.3. The molecule has 2 heterocycles. The third-order valence-corrected chi connectivity index (χ3v) is 6.80. The van der Waals surface area contributed by atoms with Gasteiger partial charge in [-0.15, -0.1) is 0 Å². The van der Waals surface area contributed by atoms with E-state index in [0.29, 0.717) is 5.82 Å². The summed E-state index contributed by atoms with van der Waals surface area (Å²) in [7, 11) is 0. The van der Waals surface area contributed by atoms with Gasteiger partial charge in [-0.25, -0.2) is 9.97 Å². The van der Waals surface area contributed by atoms with Crippen LogP contribution in [0, 0.1) is 0 Å². The Labute approximate surface area is 208 Å². The summed E-state index contributed by atoms with van der Waals surface area (Å²) in [6.07, 6.45) is 3.63. The third-order valence-electron chi connectivity index (χ3n) is 6.80. The molecule has 0 fully saturated rings. The van der Waals surface area contributed by atoms with Crippen LogP contribution in [0.4, 0.5) is 0 Å². The zero-order valence-electron chi connectivity index (χ0n) is 19.5. The lowest BCUT2D eigenvalue weighted by Crippen LogP contribution is -1.97. The van der Waals surface area contributed by atoms with Gasteiger partial charge in [0.2, 0.25) is 0 Å². The van der Waals surface area contributed by atoms with Crippen LogP contribution in [0.1, 0.15) is 0 Å². The zero-order chi connectivity index (χ0) is 23.9. The quantitative estimate of drug-likeness (QED) is 0.249. The summed E-state index contributed by atoms with van der Waals surface area (Å²) in [5, 5.41) is 7.28. The van der Waals surface area contributed by atoms with Crippen molar-refractivity contribution in [2.45, 2.75) is 0 Å². The molecule has 0 bridgehead atoms. The molecule has 2 aromatic heterocycles. The van der Waals surface area contributed by atoms with Crippen molar-refractivity contribution in [2.24, 2.45) is 0 Å². The SMILES string of the molecule is c1ccc(-c2ccc3c4ccccc4c4ccccc4c3c2-c2nccc(-c3ccccn3)n2)cc1. The Morgan fingerprint density at radius 3 is 1.78 bits per heavy atom. The highest BCUT2D eigenvalue weighted by molar-refractivity contribution is 6.29. The van der Waals surface area contributed by atoms with Gasteiger partial charge < -0.3 is 0 Å². The second kappa shape index (κ2) is 8.40. The van der Waals surface area contributed by atoms with E-state index in [4.69, 9.17) is 9.97 Å². The van der Waals surface area contributed by atoms with Gasteiger partial charge in [0.15, 0.2) is 5.82 Å². The minimum atomic E-state index is 0.697. The topological polar surface area (TPSA) is 38.7 Å². The first-order valence-electron chi connectivity index (χ1n) is 12.0. The fourth-order valence-corrected chi connectivity index (χ4v) is 5.22. The van der Waals surface area contributed by atoms with Gasteiger partial charge in [0.1, 0.15) is 0 Å². The number of rotatable bonds is 3. The molecular formula is C33H21N3. The number of aromatic nitrogens is 3. The van der Waals surface area contributed by atoms with Crippen molar-refractivity contribution in [1.82, 2.24) is 15.0 Å². The second-order valence-corrected chi connectivity index (χ2v) is 8.85. The summed E-state index contributed by atoms with van der Waals surface area (Å²) >= 11 is 0. The highest BCUT2D eigenvalue weighted by atomic mass is 14.9. The summed E-state index contributed by atoms with van der Waals surface area (Å²) in [6.45, 7) is 0. The van der Waals surface area contributed by atoms with E-state index in [-0.39, 0.29) is 0 Å². The van der Waals surface area contributed by atoms with E-state index in [1.165, 1.54) is 32.3 Å². The number of fused-ring (bicyclic) bond motifs is 6. The van der Waals surface area contributed by atoms with E-state index < -0.39 is 0 Å². The number of hydrogen-bond donors (Lipinski definition) is 0. The highest BCUT2D eigenvalue weighted by Gasteiger charge is 2.19. The van der Waals surface area contributed by atoms with E-state index in [1.54, 1.807) is 6.20 Å². The first-order chi connectivity index (χ1) is 17.9. The molecule has 0 spiro atoms. The molecule has 0 aliphatic rings. The van der Waals surface area contributed by atoms with E-state index in [9.17, 15) is 0 Å². The van der Waals surface area contributed by atoms with Crippen molar-refractivity contribution in [3.05, 3.63) is 128 Å². The highest BCUT2D eigenvalue weighted by Crippen LogP contribution is 2.43. The molecule has 0 N–H and O–H groups in total. The van der Waals surface area contributed by atoms with Crippen LogP contribution in [0.2, 0.25) is 0 Å². The number of benzene rings is 5. The van der Waals surface area contributed by atoms with Gasteiger partial charge in [-0.05, 0) is 56.3 Å². The van der Waals surface area contributed by atoms with Crippen LogP contribution in [0.3, 0.4) is 0 Å². The maximum atomic E-state index is 5.06. The van der Waals surface area contributed by atoms with Crippen molar-refractivity contribution in [3.8, 4) is 33.9 Å². The van der Waals surface area contributed by atoms with Gasteiger partial charge in [-0.1, -0.05) is 97.1 Å². The molecule has 0 saturated heterocycles. The van der Waals surface area contributed by atoms with Crippen LogP contribution in [0.5, 0.6) is 0 Å². The second-order valence-electron chi connectivity index (χ2n) is 8.85. The lowest BCUT2D eigenvalue weighted by atomic mass is 9.87.